The van der Waals surface area contributed by atoms with Crippen LogP contribution in [0.5, 0.6) is 0 Å². The number of benzene rings is 1. The molecule has 0 spiro atoms. The second-order valence-corrected chi connectivity index (χ2v) is 2.99. The van der Waals surface area contributed by atoms with Crippen LogP contribution >= 0.6 is 15.9 Å². The Balaban J connectivity index is 2.99. The molecule has 1 rings (SSSR count). The molecule has 0 N–H and O–H groups in total. The van der Waals surface area contributed by atoms with Crippen molar-refractivity contribution in [2.75, 3.05) is 0 Å². The molecule has 1 aromatic carbocycles. The first kappa shape index (κ1) is 8.95. The van der Waals surface area contributed by atoms with Crippen molar-refractivity contribution in [3.63, 3.8) is 0 Å². The fraction of sp³-hybridized carbons (Fsp3) is 0. The Morgan fingerprint density at radius 1 is 1.50 bits per heavy atom. The Kier molecular flexibility index (Phi) is 3.01. The number of hydrogen-bond donors (Lipinski definition) is 0. The van der Waals surface area contributed by atoms with Crippen LogP contribution in [0.1, 0.15) is 5.56 Å². The van der Waals surface area contributed by atoms with E-state index >= 15 is 0 Å². The zero-order valence-electron chi connectivity index (χ0n) is 6.09. The number of nitriles is 1. The van der Waals surface area contributed by atoms with Crippen molar-refractivity contribution in [3.8, 4) is 6.07 Å². The molecule has 0 aliphatic heterocycles. The second-order valence-electron chi connectivity index (χ2n) is 2.14. The van der Waals surface area contributed by atoms with E-state index in [1.165, 1.54) is 12.1 Å². The minimum atomic E-state index is -0.324. The van der Waals surface area contributed by atoms with Crippen LogP contribution in [0, 0.1) is 17.1 Å². The molecule has 3 heteroatoms. The van der Waals surface area contributed by atoms with Gasteiger partial charge in [-0.1, -0.05) is 6.07 Å². The summed E-state index contributed by atoms with van der Waals surface area (Å²) in [5.41, 5.74) is 0.678. The van der Waals surface area contributed by atoms with Gasteiger partial charge < -0.3 is 0 Å². The van der Waals surface area contributed by atoms with Crippen LogP contribution < -0.4 is 0 Å². The van der Waals surface area contributed by atoms with Gasteiger partial charge >= 0.3 is 0 Å². The van der Waals surface area contributed by atoms with Crippen LogP contribution in [-0.2, 0) is 0 Å². The van der Waals surface area contributed by atoms with Crippen LogP contribution in [0.25, 0.3) is 6.08 Å². The van der Waals surface area contributed by atoms with E-state index in [9.17, 15) is 4.39 Å². The van der Waals surface area contributed by atoms with Crippen LogP contribution in [0.3, 0.4) is 0 Å². The number of halogens is 2. The van der Waals surface area contributed by atoms with E-state index in [1.807, 2.05) is 6.07 Å². The van der Waals surface area contributed by atoms with Gasteiger partial charge in [0.1, 0.15) is 5.82 Å². The summed E-state index contributed by atoms with van der Waals surface area (Å²) in [5.74, 6) is -0.324. The van der Waals surface area contributed by atoms with Gasteiger partial charge in [0.15, 0.2) is 0 Å². The highest BCUT2D eigenvalue weighted by Gasteiger charge is 1.96. The summed E-state index contributed by atoms with van der Waals surface area (Å²) in [6.07, 6.45) is 2.86. The molecule has 0 radical (unpaired) electrons. The van der Waals surface area contributed by atoms with E-state index in [2.05, 4.69) is 15.9 Å². The molecule has 1 aromatic rings. The Labute approximate surface area is 78.3 Å². The van der Waals surface area contributed by atoms with Gasteiger partial charge in [-0.15, -0.1) is 0 Å². The highest BCUT2D eigenvalue weighted by atomic mass is 79.9. The minimum absolute atomic E-state index is 0.324. The van der Waals surface area contributed by atoms with Crippen molar-refractivity contribution in [2.24, 2.45) is 0 Å². The fourth-order valence-electron chi connectivity index (χ4n) is 0.750. The van der Waals surface area contributed by atoms with Gasteiger partial charge in [-0.3, -0.25) is 0 Å². The number of hydrogen-bond acceptors (Lipinski definition) is 1. The van der Waals surface area contributed by atoms with Crippen LogP contribution in [-0.4, -0.2) is 0 Å². The van der Waals surface area contributed by atoms with Crippen LogP contribution in [0.15, 0.2) is 28.7 Å². The molecule has 0 saturated carbocycles. The maximum atomic E-state index is 12.8. The van der Waals surface area contributed by atoms with Gasteiger partial charge in [0.2, 0.25) is 0 Å². The minimum Gasteiger partial charge on any atom is -0.206 e. The van der Waals surface area contributed by atoms with E-state index in [0.717, 1.165) is 0 Å². The van der Waals surface area contributed by atoms with E-state index in [1.54, 1.807) is 18.2 Å². The first-order valence-corrected chi connectivity index (χ1v) is 4.04. The molecule has 0 aliphatic carbocycles. The molecule has 0 aromatic heterocycles. The lowest BCUT2D eigenvalue weighted by molar-refractivity contribution is 0.621. The Morgan fingerprint density at radius 3 is 2.83 bits per heavy atom. The molecule has 0 aliphatic rings. The van der Waals surface area contributed by atoms with Gasteiger partial charge in [0, 0.05) is 6.08 Å². The molecule has 0 atom stereocenters. The number of allylic oxidation sites excluding steroid dienone is 1. The molecule has 12 heavy (non-hydrogen) atoms. The third-order valence-electron chi connectivity index (χ3n) is 1.29. The molecule has 1 nitrogen and oxygen atoms in total. The molecule has 0 bridgehead atoms. The second kappa shape index (κ2) is 4.03. The largest absolute Gasteiger partial charge is 0.206 e. The predicted molar refractivity (Wildman–Crippen MR) is 48.7 cm³/mol. The van der Waals surface area contributed by atoms with E-state index < -0.39 is 0 Å². The summed E-state index contributed by atoms with van der Waals surface area (Å²) < 4.78 is 13.3. The molecule has 0 heterocycles. The zero-order chi connectivity index (χ0) is 8.97. The Bertz CT molecular complexity index is 352. The summed E-state index contributed by atoms with van der Waals surface area (Å²) in [7, 11) is 0. The lowest BCUT2D eigenvalue weighted by Gasteiger charge is -1.94. The lowest BCUT2D eigenvalue weighted by atomic mass is 10.2. The van der Waals surface area contributed by atoms with Crippen LogP contribution in [0.4, 0.5) is 4.39 Å². The molecule has 0 saturated heterocycles. The topological polar surface area (TPSA) is 23.8 Å². The van der Waals surface area contributed by atoms with Gasteiger partial charge in [-0.25, -0.2) is 4.39 Å². The van der Waals surface area contributed by atoms with Crippen molar-refractivity contribution >= 4 is 22.0 Å². The van der Waals surface area contributed by atoms with Crippen molar-refractivity contribution in [3.05, 3.63) is 40.1 Å². The van der Waals surface area contributed by atoms with Gasteiger partial charge in [0.25, 0.3) is 0 Å². The summed E-state index contributed by atoms with van der Waals surface area (Å²) >= 11 is 3.03. The van der Waals surface area contributed by atoms with Gasteiger partial charge in [-0.05, 0) is 39.7 Å². The molecular weight excluding hydrogens is 221 g/mol. The van der Waals surface area contributed by atoms with Crippen molar-refractivity contribution in [1.82, 2.24) is 0 Å². The SMILES string of the molecule is N#C/C=C/c1ccc(Br)c(F)c1. The molecule has 0 fully saturated rings. The fourth-order valence-corrected chi connectivity index (χ4v) is 0.996. The smallest absolute Gasteiger partial charge is 0.137 e. The summed E-state index contributed by atoms with van der Waals surface area (Å²) in [6.45, 7) is 0. The summed E-state index contributed by atoms with van der Waals surface area (Å²) in [4.78, 5) is 0. The Morgan fingerprint density at radius 2 is 2.25 bits per heavy atom. The first-order chi connectivity index (χ1) is 5.74. The van der Waals surface area contributed by atoms with Crippen molar-refractivity contribution in [1.29, 1.82) is 5.26 Å². The number of nitrogens with zero attached hydrogens (tertiary/aromatic N) is 1. The van der Waals surface area contributed by atoms with Crippen LogP contribution in [0.2, 0.25) is 0 Å². The quantitative estimate of drug-likeness (QED) is 0.675. The molecule has 0 amide bonds. The average molecular weight is 226 g/mol. The van der Waals surface area contributed by atoms with Crippen molar-refractivity contribution < 1.29 is 4.39 Å². The highest BCUT2D eigenvalue weighted by molar-refractivity contribution is 9.10. The van der Waals surface area contributed by atoms with Crippen molar-refractivity contribution in [2.45, 2.75) is 0 Å². The summed E-state index contributed by atoms with van der Waals surface area (Å²) in [6, 6.07) is 6.52. The zero-order valence-corrected chi connectivity index (χ0v) is 7.68. The lowest BCUT2D eigenvalue weighted by Crippen LogP contribution is -1.78. The third kappa shape index (κ3) is 2.18. The number of rotatable bonds is 1. The highest BCUT2D eigenvalue weighted by Crippen LogP contribution is 2.16. The van der Waals surface area contributed by atoms with E-state index in [4.69, 9.17) is 5.26 Å². The Hall–Kier alpha value is -1.14. The first-order valence-electron chi connectivity index (χ1n) is 3.25. The standard InChI is InChI=1S/C9H5BrFN/c10-8-4-3-7(2-1-5-12)6-9(8)11/h1-4,6H/b2-1+. The maximum absolute atomic E-state index is 12.8. The predicted octanol–water partition coefficient (Wildman–Crippen LogP) is 3.12. The van der Waals surface area contributed by atoms with Gasteiger partial charge in [0.05, 0.1) is 10.5 Å². The maximum Gasteiger partial charge on any atom is 0.137 e. The van der Waals surface area contributed by atoms with E-state index in [-0.39, 0.29) is 5.82 Å². The van der Waals surface area contributed by atoms with Gasteiger partial charge in [-0.2, -0.15) is 5.26 Å². The normalized spacial score (nSPS) is 10.1. The molecule has 0 unspecified atom stereocenters. The average Bonchev–Trinajstić information content (AvgIpc) is 2.07. The molecular formula is C9H5BrFN. The summed E-state index contributed by atoms with van der Waals surface area (Å²) in [5, 5.41) is 8.21. The monoisotopic (exact) mass is 225 g/mol. The third-order valence-corrected chi connectivity index (χ3v) is 1.94. The molecule has 60 valence electrons. The van der Waals surface area contributed by atoms with E-state index in [0.29, 0.717) is 10.0 Å².